The third-order valence-electron chi connectivity index (χ3n) is 7.46. The number of anilines is 2. The number of methoxy groups -OCH3 is 2. The second-order valence-corrected chi connectivity index (χ2v) is 11.5. The molecule has 5 rings (SSSR count). The molecule has 1 amide bonds. The fraction of sp³-hybridized carbons (Fsp3) is 0.312. The van der Waals surface area contributed by atoms with Gasteiger partial charge in [-0.2, -0.15) is 0 Å². The average molecular weight is 560 g/mol. The maximum Gasteiger partial charge on any atom is 0.239 e. The van der Waals surface area contributed by atoms with Crippen LogP contribution in [0.2, 0.25) is 5.02 Å². The Morgan fingerprint density at radius 2 is 1.80 bits per heavy atom. The Bertz CT molecular complexity index is 1470. The number of ether oxygens (including phenoxy) is 2. The molecule has 2 N–H and O–H groups in total. The van der Waals surface area contributed by atoms with Gasteiger partial charge in [0, 0.05) is 40.9 Å². The van der Waals surface area contributed by atoms with Crippen LogP contribution in [0, 0.1) is 5.41 Å². The van der Waals surface area contributed by atoms with Crippen molar-refractivity contribution in [3.8, 4) is 11.5 Å². The lowest BCUT2D eigenvalue weighted by Crippen LogP contribution is -2.42. The summed E-state index contributed by atoms with van der Waals surface area (Å²) in [4.78, 5) is 29.4. The van der Waals surface area contributed by atoms with Crippen molar-refractivity contribution in [3.05, 3.63) is 94.1 Å². The Morgan fingerprint density at radius 1 is 1.05 bits per heavy atom. The summed E-state index contributed by atoms with van der Waals surface area (Å²) in [7, 11) is 3.20. The molecule has 0 saturated carbocycles. The van der Waals surface area contributed by atoms with E-state index >= 15 is 0 Å². The predicted molar refractivity (Wildman–Crippen MR) is 158 cm³/mol. The summed E-state index contributed by atoms with van der Waals surface area (Å²) in [5.41, 5.74) is 4.74. The topological polar surface area (TPSA) is 79.9 Å². The summed E-state index contributed by atoms with van der Waals surface area (Å²) < 4.78 is 11.3. The van der Waals surface area contributed by atoms with Gasteiger partial charge in [0.25, 0.3) is 0 Å². The molecule has 3 aromatic rings. The quantitative estimate of drug-likeness (QED) is 0.354. The first-order valence-electron chi connectivity index (χ1n) is 13.3. The zero-order chi connectivity index (χ0) is 28.4. The summed E-state index contributed by atoms with van der Waals surface area (Å²) in [6, 6.07) is 20.3. The number of halogens is 1. The number of Topliss-reactive ketones (excluding diaryl/α,β-unsaturated/α-hetero) is 1. The molecule has 8 heteroatoms. The minimum absolute atomic E-state index is 0.0274. The van der Waals surface area contributed by atoms with Crippen LogP contribution >= 0.6 is 11.6 Å². The highest BCUT2D eigenvalue weighted by atomic mass is 35.5. The molecule has 0 spiro atoms. The van der Waals surface area contributed by atoms with Crippen LogP contribution in [-0.4, -0.2) is 32.5 Å². The van der Waals surface area contributed by atoms with Crippen molar-refractivity contribution in [1.82, 2.24) is 5.32 Å². The standard InChI is InChI=1S/C32H34ClN3O4/c1-32(2)16-25-30(27(37)17-32)31(23-14-13-22(39-3)15-28(23)40-4)36(26-8-6-5-7-24(26)35-25)19-29(38)34-18-20-9-11-21(33)12-10-20/h5-15,31,35H,16-19H2,1-4H3,(H,34,38). The molecule has 0 aromatic heterocycles. The highest BCUT2D eigenvalue weighted by molar-refractivity contribution is 6.30. The molecule has 208 valence electrons. The van der Waals surface area contributed by atoms with E-state index in [4.69, 9.17) is 21.1 Å². The summed E-state index contributed by atoms with van der Waals surface area (Å²) in [5.74, 6) is 1.11. The molecule has 0 fully saturated rings. The molecule has 1 heterocycles. The van der Waals surface area contributed by atoms with Gasteiger partial charge in [0.05, 0.1) is 38.2 Å². The molecule has 1 aliphatic carbocycles. The minimum atomic E-state index is -0.558. The van der Waals surface area contributed by atoms with Crippen molar-refractivity contribution in [1.29, 1.82) is 0 Å². The van der Waals surface area contributed by atoms with Crippen molar-refractivity contribution < 1.29 is 19.1 Å². The summed E-state index contributed by atoms with van der Waals surface area (Å²) in [5, 5.41) is 7.26. The number of nitrogens with one attached hydrogen (secondary N) is 2. The smallest absolute Gasteiger partial charge is 0.239 e. The first-order valence-corrected chi connectivity index (χ1v) is 13.7. The molecule has 2 aliphatic rings. The van der Waals surface area contributed by atoms with E-state index < -0.39 is 6.04 Å². The van der Waals surface area contributed by atoms with Gasteiger partial charge in [0.1, 0.15) is 11.5 Å². The van der Waals surface area contributed by atoms with E-state index in [2.05, 4.69) is 24.5 Å². The lowest BCUT2D eigenvalue weighted by molar-refractivity contribution is -0.121. The van der Waals surface area contributed by atoms with Gasteiger partial charge in [0.15, 0.2) is 5.78 Å². The van der Waals surface area contributed by atoms with Crippen LogP contribution in [-0.2, 0) is 16.1 Å². The van der Waals surface area contributed by atoms with Crippen molar-refractivity contribution >= 4 is 34.7 Å². The molecule has 7 nitrogen and oxygen atoms in total. The minimum Gasteiger partial charge on any atom is -0.497 e. The van der Waals surface area contributed by atoms with Crippen LogP contribution in [0.15, 0.2) is 78.0 Å². The monoisotopic (exact) mass is 559 g/mol. The number of nitrogens with zero attached hydrogens (tertiary/aromatic N) is 1. The summed E-state index contributed by atoms with van der Waals surface area (Å²) in [6.45, 7) is 4.61. The van der Waals surface area contributed by atoms with Gasteiger partial charge in [-0.1, -0.05) is 49.7 Å². The number of hydrogen-bond donors (Lipinski definition) is 2. The van der Waals surface area contributed by atoms with Crippen molar-refractivity contribution in [3.63, 3.8) is 0 Å². The molecule has 3 aromatic carbocycles. The Morgan fingerprint density at radius 3 is 2.52 bits per heavy atom. The van der Waals surface area contributed by atoms with Gasteiger partial charge in [-0.3, -0.25) is 9.59 Å². The van der Waals surface area contributed by atoms with Crippen molar-refractivity contribution in [2.45, 2.75) is 39.3 Å². The van der Waals surface area contributed by atoms with E-state index in [1.807, 2.05) is 59.5 Å². The number of benzene rings is 3. The largest absolute Gasteiger partial charge is 0.497 e. The van der Waals surface area contributed by atoms with Gasteiger partial charge in [-0.15, -0.1) is 0 Å². The molecular formula is C32H34ClN3O4. The molecule has 0 radical (unpaired) electrons. The SMILES string of the molecule is COc1ccc(C2C3=C(CC(C)(C)CC3=O)Nc3ccccc3N2CC(=O)NCc2ccc(Cl)cc2)c(OC)c1. The highest BCUT2D eigenvalue weighted by Crippen LogP contribution is 2.49. The molecule has 0 saturated heterocycles. The van der Waals surface area contributed by atoms with Crippen LogP contribution in [0.5, 0.6) is 11.5 Å². The number of amides is 1. The van der Waals surface area contributed by atoms with Gasteiger partial charge in [-0.25, -0.2) is 0 Å². The zero-order valence-corrected chi connectivity index (χ0v) is 24.0. The van der Waals surface area contributed by atoms with Gasteiger partial charge in [-0.05, 0) is 53.8 Å². The number of allylic oxidation sites excluding steroid dienone is 1. The Balaban J connectivity index is 1.61. The predicted octanol–water partition coefficient (Wildman–Crippen LogP) is 6.29. The fourth-order valence-corrected chi connectivity index (χ4v) is 5.73. The van der Waals surface area contributed by atoms with Crippen LogP contribution in [0.1, 0.15) is 43.9 Å². The van der Waals surface area contributed by atoms with Gasteiger partial charge >= 0.3 is 0 Å². The van der Waals surface area contributed by atoms with E-state index in [0.717, 1.165) is 28.2 Å². The number of fused-ring (bicyclic) bond motifs is 1. The van der Waals surface area contributed by atoms with E-state index in [0.29, 0.717) is 41.5 Å². The van der Waals surface area contributed by atoms with Crippen LogP contribution in [0.4, 0.5) is 11.4 Å². The van der Waals surface area contributed by atoms with Crippen LogP contribution in [0.3, 0.4) is 0 Å². The van der Waals surface area contributed by atoms with Crippen LogP contribution < -0.4 is 25.0 Å². The Kier molecular flexibility index (Phi) is 7.76. The van der Waals surface area contributed by atoms with E-state index in [1.165, 1.54) is 0 Å². The Labute approximate surface area is 240 Å². The second-order valence-electron chi connectivity index (χ2n) is 11.0. The molecular weight excluding hydrogens is 526 g/mol. The Hall–Kier alpha value is -3.97. The fourth-order valence-electron chi connectivity index (χ4n) is 5.61. The average Bonchev–Trinajstić information content (AvgIpc) is 3.06. The number of para-hydroxylation sites is 2. The number of hydrogen-bond acceptors (Lipinski definition) is 6. The van der Waals surface area contributed by atoms with Gasteiger partial charge < -0.3 is 25.0 Å². The third-order valence-corrected chi connectivity index (χ3v) is 7.71. The first kappa shape index (κ1) is 27.6. The maximum atomic E-state index is 13.9. The molecule has 0 bridgehead atoms. The first-order chi connectivity index (χ1) is 19.2. The van der Waals surface area contributed by atoms with E-state index in [9.17, 15) is 9.59 Å². The van der Waals surface area contributed by atoms with Crippen molar-refractivity contribution in [2.24, 2.45) is 5.41 Å². The van der Waals surface area contributed by atoms with Gasteiger partial charge in [0.2, 0.25) is 5.91 Å². The normalized spacial score (nSPS) is 17.8. The van der Waals surface area contributed by atoms with Crippen molar-refractivity contribution in [2.75, 3.05) is 31.0 Å². The number of rotatable bonds is 7. The number of carbonyl (C=O) groups excluding carboxylic acids is 2. The lowest BCUT2D eigenvalue weighted by atomic mass is 9.73. The van der Waals surface area contributed by atoms with E-state index in [1.54, 1.807) is 26.4 Å². The maximum absolute atomic E-state index is 13.9. The summed E-state index contributed by atoms with van der Waals surface area (Å²) >= 11 is 6.02. The second kappa shape index (κ2) is 11.3. The lowest BCUT2D eigenvalue weighted by Gasteiger charge is -2.38. The molecule has 1 aliphatic heterocycles. The zero-order valence-electron chi connectivity index (χ0n) is 23.2. The number of carbonyl (C=O) groups is 2. The summed E-state index contributed by atoms with van der Waals surface area (Å²) in [6.07, 6.45) is 1.11. The third kappa shape index (κ3) is 5.65. The molecule has 40 heavy (non-hydrogen) atoms. The molecule has 1 atom stereocenters. The molecule has 1 unspecified atom stereocenters. The van der Waals surface area contributed by atoms with E-state index in [-0.39, 0.29) is 23.7 Å². The highest BCUT2D eigenvalue weighted by Gasteiger charge is 2.42. The number of ketones is 1. The van der Waals surface area contributed by atoms with Crippen LogP contribution in [0.25, 0.3) is 0 Å².